The van der Waals surface area contributed by atoms with Crippen LogP contribution in [-0.4, -0.2) is 0 Å². The lowest BCUT2D eigenvalue weighted by atomic mass is 9.67. The molecule has 9 aromatic carbocycles. The van der Waals surface area contributed by atoms with Gasteiger partial charge in [0.05, 0.1) is 10.4 Å². The van der Waals surface area contributed by atoms with E-state index in [4.69, 9.17) is 4.42 Å². The smallest absolute Gasteiger partial charge is 0.143 e. The molecule has 0 N–H and O–H groups in total. The number of anilines is 3. The lowest BCUT2D eigenvalue weighted by Gasteiger charge is -2.37. The van der Waals surface area contributed by atoms with Crippen LogP contribution in [0.3, 0.4) is 0 Å². The molecule has 0 radical (unpaired) electrons. The topological polar surface area (TPSA) is 16.4 Å². The first-order chi connectivity index (χ1) is 28.5. The molecule has 274 valence electrons. The summed E-state index contributed by atoms with van der Waals surface area (Å²) in [5.41, 5.74) is 14.9. The fourth-order valence-corrected chi connectivity index (χ4v) is 10.9. The third-order valence-electron chi connectivity index (χ3n) is 12.5. The van der Waals surface area contributed by atoms with Crippen molar-refractivity contribution in [3.63, 3.8) is 0 Å². The van der Waals surface area contributed by atoms with E-state index in [9.17, 15) is 0 Å². The quantitative estimate of drug-likeness (QED) is 0.174. The Kier molecular flexibility index (Phi) is 7.18. The van der Waals surface area contributed by atoms with Crippen molar-refractivity contribution in [3.05, 3.63) is 199 Å². The first-order valence-corrected chi connectivity index (χ1v) is 20.8. The Morgan fingerprint density at radius 3 is 2.07 bits per heavy atom. The molecule has 0 aliphatic heterocycles. The summed E-state index contributed by atoms with van der Waals surface area (Å²) < 4.78 is 9.28. The molecular formula is C55H37NOS. The Labute approximate surface area is 340 Å². The molecule has 12 rings (SSSR count). The van der Waals surface area contributed by atoms with E-state index in [2.05, 4.69) is 207 Å². The van der Waals surface area contributed by atoms with Crippen molar-refractivity contribution < 1.29 is 4.42 Å². The molecular weight excluding hydrogens is 723 g/mol. The molecule has 1 aliphatic rings. The number of hydrogen-bond donors (Lipinski definition) is 0. The number of hydrogen-bond acceptors (Lipinski definition) is 3. The van der Waals surface area contributed by atoms with E-state index in [0.717, 1.165) is 38.9 Å². The largest absolute Gasteiger partial charge is 0.455 e. The molecule has 0 amide bonds. The summed E-state index contributed by atoms with van der Waals surface area (Å²) in [5, 5.41) is 7.42. The Balaban J connectivity index is 1.14. The fraction of sp³-hybridized carbons (Fsp3) is 0.0545. The summed E-state index contributed by atoms with van der Waals surface area (Å²) in [6, 6.07) is 68.9. The highest BCUT2D eigenvalue weighted by atomic mass is 32.1. The molecule has 0 bridgehead atoms. The molecule has 0 unspecified atom stereocenters. The monoisotopic (exact) mass is 759 g/mol. The minimum atomic E-state index is -0.224. The molecule has 1 aliphatic carbocycles. The molecule has 2 aromatic heterocycles. The van der Waals surface area contributed by atoms with Crippen LogP contribution in [0.2, 0.25) is 0 Å². The van der Waals surface area contributed by atoms with Crippen LogP contribution in [0.1, 0.15) is 25.0 Å². The summed E-state index contributed by atoms with van der Waals surface area (Å²) in [5.74, 6) is 0. The number of benzene rings is 9. The van der Waals surface area contributed by atoms with Crippen molar-refractivity contribution in [2.45, 2.75) is 19.3 Å². The maximum Gasteiger partial charge on any atom is 0.143 e. The van der Waals surface area contributed by atoms with E-state index in [1.54, 1.807) is 0 Å². The van der Waals surface area contributed by atoms with Gasteiger partial charge in [0, 0.05) is 48.6 Å². The van der Waals surface area contributed by atoms with Crippen molar-refractivity contribution in [3.8, 4) is 33.4 Å². The molecule has 2 heterocycles. The maximum atomic E-state index is 6.70. The second kappa shape index (κ2) is 12.5. The van der Waals surface area contributed by atoms with E-state index in [1.165, 1.54) is 75.6 Å². The van der Waals surface area contributed by atoms with E-state index in [1.807, 2.05) is 11.3 Å². The van der Waals surface area contributed by atoms with Gasteiger partial charge in [-0.3, -0.25) is 0 Å². The second-order valence-electron chi connectivity index (χ2n) is 16.0. The van der Waals surface area contributed by atoms with Gasteiger partial charge in [0.15, 0.2) is 0 Å². The number of fused-ring (bicyclic) bond motifs is 8. The number of thiophene rings is 1. The average molecular weight is 760 g/mol. The summed E-state index contributed by atoms with van der Waals surface area (Å²) in [6.45, 7) is 4.77. The third-order valence-corrected chi connectivity index (χ3v) is 13.7. The van der Waals surface area contributed by atoms with Crippen molar-refractivity contribution in [1.29, 1.82) is 0 Å². The van der Waals surface area contributed by atoms with Gasteiger partial charge in [-0.15, -0.1) is 11.3 Å². The van der Waals surface area contributed by atoms with Crippen LogP contribution in [0, 0.1) is 0 Å². The van der Waals surface area contributed by atoms with Gasteiger partial charge in [-0.1, -0.05) is 159 Å². The van der Waals surface area contributed by atoms with Crippen molar-refractivity contribution in [2.75, 3.05) is 4.90 Å². The third kappa shape index (κ3) is 4.84. The summed E-state index contributed by atoms with van der Waals surface area (Å²) in [4.78, 5) is 2.47. The molecule has 2 nitrogen and oxygen atoms in total. The van der Waals surface area contributed by atoms with Crippen LogP contribution in [-0.2, 0) is 5.41 Å². The Morgan fingerprint density at radius 1 is 0.483 bits per heavy atom. The van der Waals surface area contributed by atoms with Gasteiger partial charge < -0.3 is 9.32 Å². The van der Waals surface area contributed by atoms with Gasteiger partial charge in [0.1, 0.15) is 11.2 Å². The molecule has 58 heavy (non-hydrogen) atoms. The molecule has 3 heteroatoms. The van der Waals surface area contributed by atoms with E-state index in [-0.39, 0.29) is 5.41 Å². The highest BCUT2D eigenvalue weighted by Gasteiger charge is 2.36. The average Bonchev–Trinajstić information content (AvgIpc) is 3.85. The van der Waals surface area contributed by atoms with Crippen LogP contribution in [0.4, 0.5) is 17.1 Å². The normalized spacial score (nSPS) is 13.1. The van der Waals surface area contributed by atoms with Gasteiger partial charge in [-0.2, -0.15) is 0 Å². The molecule has 0 saturated carbocycles. The lowest BCUT2D eigenvalue weighted by Crippen LogP contribution is -2.24. The Bertz CT molecular complexity index is 3420. The highest BCUT2D eigenvalue weighted by Crippen LogP contribution is 2.54. The van der Waals surface area contributed by atoms with Crippen molar-refractivity contribution >= 4 is 81.3 Å². The van der Waals surface area contributed by atoms with Gasteiger partial charge in [0.25, 0.3) is 0 Å². The van der Waals surface area contributed by atoms with Crippen LogP contribution in [0.15, 0.2) is 192 Å². The SMILES string of the molecule is CC1(C)c2ccc(N(c3ccc(-c4ccccc4)cc3)c3cccc4c3sc3ccccc34)cc2-c2c(-c3cccc4c3oc3ccccc34)ccc3cccc1c23. The van der Waals surface area contributed by atoms with Crippen LogP contribution >= 0.6 is 11.3 Å². The number of para-hydroxylation sites is 2. The van der Waals surface area contributed by atoms with Gasteiger partial charge in [0.2, 0.25) is 0 Å². The van der Waals surface area contributed by atoms with Crippen molar-refractivity contribution in [2.24, 2.45) is 0 Å². The predicted molar refractivity (Wildman–Crippen MR) is 247 cm³/mol. The van der Waals surface area contributed by atoms with Crippen LogP contribution < -0.4 is 4.90 Å². The lowest BCUT2D eigenvalue weighted by molar-refractivity contribution is 0.645. The summed E-state index contributed by atoms with van der Waals surface area (Å²) in [6.07, 6.45) is 0. The van der Waals surface area contributed by atoms with Crippen LogP contribution in [0.25, 0.3) is 86.3 Å². The van der Waals surface area contributed by atoms with Gasteiger partial charge in [-0.05, 0) is 92.2 Å². The Hall–Kier alpha value is -6.94. The van der Waals surface area contributed by atoms with Crippen molar-refractivity contribution in [1.82, 2.24) is 0 Å². The maximum absolute atomic E-state index is 6.70. The van der Waals surface area contributed by atoms with E-state index < -0.39 is 0 Å². The van der Waals surface area contributed by atoms with Gasteiger partial charge >= 0.3 is 0 Å². The highest BCUT2D eigenvalue weighted by molar-refractivity contribution is 7.26. The molecule has 0 fully saturated rings. The van der Waals surface area contributed by atoms with E-state index >= 15 is 0 Å². The number of nitrogens with zero attached hydrogens (tertiary/aromatic N) is 1. The molecule has 0 saturated heterocycles. The first kappa shape index (κ1) is 33.2. The Morgan fingerprint density at radius 2 is 1.19 bits per heavy atom. The van der Waals surface area contributed by atoms with Gasteiger partial charge in [-0.25, -0.2) is 0 Å². The number of furan rings is 1. The zero-order valence-corrected chi connectivity index (χ0v) is 33.0. The summed E-state index contributed by atoms with van der Waals surface area (Å²) >= 11 is 1.87. The second-order valence-corrected chi connectivity index (χ2v) is 17.1. The molecule has 0 atom stereocenters. The fourth-order valence-electron chi connectivity index (χ4n) is 9.70. The first-order valence-electron chi connectivity index (χ1n) is 20.0. The summed E-state index contributed by atoms with van der Waals surface area (Å²) in [7, 11) is 0. The molecule has 0 spiro atoms. The zero-order valence-electron chi connectivity index (χ0n) is 32.2. The standard InChI is InChI=1S/C55H37NOS/c1-55(2)46-32-30-38(56(37-28-25-35(26-29-37)34-13-4-3-5-14-34)48-22-12-20-44-40-17-7-9-24-50(40)58-54(44)48)33-45(46)52-41(31-27-36-15-10-21-47(55)51(36)52)43-19-11-18-42-39-16-6-8-23-49(39)57-53(42)43/h3-33H,1-2H3. The number of rotatable bonds is 5. The zero-order chi connectivity index (χ0) is 38.5. The minimum Gasteiger partial charge on any atom is -0.455 e. The van der Waals surface area contributed by atoms with E-state index in [0.29, 0.717) is 0 Å². The predicted octanol–water partition coefficient (Wildman–Crippen LogP) is 16.2. The minimum absolute atomic E-state index is 0.224. The molecule has 11 aromatic rings. The van der Waals surface area contributed by atoms with Crippen LogP contribution in [0.5, 0.6) is 0 Å².